The second kappa shape index (κ2) is 6.89. The summed E-state index contributed by atoms with van der Waals surface area (Å²) in [6.07, 6.45) is 1.68. The molecule has 0 spiro atoms. The predicted molar refractivity (Wildman–Crippen MR) is 68.5 cm³/mol. The SMILES string of the molecule is Cl.O=C(CCl)N1CCN(Cc2ccco2)CC1. The summed E-state index contributed by atoms with van der Waals surface area (Å²) >= 11 is 5.52. The summed E-state index contributed by atoms with van der Waals surface area (Å²) in [5, 5.41) is 0. The van der Waals surface area contributed by atoms with Crippen molar-refractivity contribution in [3.8, 4) is 0 Å². The van der Waals surface area contributed by atoms with Gasteiger partial charge in [0.2, 0.25) is 5.91 Å². The Morgan fingerprint density at radius 1 is 1.35 bits per heavy atom. The first-order chi connectivity index (χ1) is 7.79. The van der Waals surface area contributed by atoms with Crippen LogP contribution in [-0.2, 0) is 11.3 Å². The maximum atomic E-state index is 11.3. The highest BCUT2D eigenvalue weighted by atomic mass is 35.5. The van der Waals surface area contributed by atoms with Gasteiger partial charge in [-0.1, -0.05) is 0 Å². The molecular weight excluding hydrogens is 263 g/mol. The van der Waals surface area contributed by atoms with Crippen molar-refractivity contribution in [3.63, 3.8) is 0 Å². The number of halogens is 2. The molecule has 4 nitrogen and oxygen atoms in total. The molecule has 2 rings (SSSR count). The Hall–Kier alpha value is -0.710. The van der Waals surface area contributed by atoms with Crippen LogP contribution in [0.4, 0.5) is 0 Å². The van der Waals surface area contributed by atoms with Crippen molar-refractivity contribution in [2.75, 3.05) is 32.1 Å². The second-order valence-corrected chi connectivity index (χ2v) is 4.14. The van der Waals surface area contributed by atoms with Crippen molar-refractivity contribution in [2.45, 2.75) is 6.54 Å². The molecule has 0 bridgehead atoms. The van der Waals surface area contributed by atoms with E-state index in [9.17, 15) is 4.79 Å². The molecule has 0 radical (unpaired) electrons. The minimum absolute atomic E-state index is 0. The van der Waals surface area contributed by atoms with Gasteiger partial charge in [0.15, 0.2) is 0 Å². The average molecular weight is 279 g/mol. The van der Waals surface area contributed by atoms with Crippen molar-refractivity contribution in [2.24, 2.45) is 0 Å². The van der Waals surface area contributed by atoms with E-state index < -0.39 is 0 Å². The number of hydrogen-bond acceptors (Lipinski definition) is 3. The first-order valence-electron chi connectivity index (χ1n) is 5.38. The first-order valence-corrected chi connectivity index (χ1v) is 5.91. The summed E-state index contributed by atoms with van der Waals surface area (Å²) in [5.41, 5.74) is 0. The minimum atomic E-state index is 0. The maximum Gasteiger partial charge on any atom is 0.237 e. The molecule has 1 saturated heterocycles. The van der Waals surface area contributed by atoms with Gasteiger partial charge in [0.25, 0.3) is 0 Å². The van der Waals surface area contributed by atoms with Crippen molar-refractivity contribution in [3.05, 3.63) is 24.2 Å². The fourth-order valence-corrected chi connectivity index (χ4v) is 2.03. The van der Waals surface area contributed by atoms with Crippen LogP contribution >= 0.6 is 24.0 Å². The van der Waals surface area contributed by atoms with Crippen LogP contribution in [0.25, 0.3) is 0 Å². The Morgan fingerprint density at radius 2 is 2.06 bits per heavy atom. The topological polar surface area (TPSA) is 36.7 Å². The van der Waals surface area contributed by atoms with E-state index in [1.165, 1.54) is 0 Å². The zero-order chi connectivity index (χ0) is 11.4. The van der Waals surface area contributed by atoms with Gasteiger partial charge < -0.3 is 9.32 Å². The third kappa shape index (κ3) is 3.91. The summed E-state index contributed by atoms with van der Waals surface area (Å²) in [5.74, 6) is 1.08. The molecule has 6 heteroatoms. The molecule has 1 fully saturated rings. The van der Waals surface area contributed by atoms with Crippen LogP contribution in [0.15, 0.2) is 22.8 Å². The molecule has 1 aliphatic heterocycles. The third-order valence-corrected chi connectivity index (χ3v) is 3.03. The molecule has 0 aliphatic carbocycles. The van der Waals surface area contributed by atoms with Crippen molar-refractivity contribution < 1.29 is 9.21 Å². The van der Waals surface area contributed by atoms with Crippen LogP contribution in [0.2, 0.25) is 0 Å². The monoisotopic (exact) mass is 278 g/mol. The zero-order valence-electron chi connectivity index (χ0n) is 9.47. The largest absolute Gasteiger partial charge is 0.468 e. The summed E-state index contributed by atoms with van der Waals surface area (Å²) in [6, 6.07) is 3.86. The van der Waals surface area contributed by atoms with E-state index in [1.54, 1.807) is 6.26 Å². The minimum Gasteiger partial charge on any atom is -0.468 e. The van der Waals surface area contributed by atoms with E-state index in [2.05, 4.69) is 4.90 Å². The molecule has 96 valence electrons. The van der Waals surface area contributed by atoms with E-state index in [0.717, 1.165) is 38.5 Å². The zero-order valence-corrected chi connectivity index (χ0v) is 11.0. The predicted octanol–water partition coefficient (Wildman–Crippen LogP) is 1.58. The quantitative estimate of drug-likeness (QED) is 0.788. The Bertz CT molecular complexity index is 335. The molecule has 0 atom stereocenters. The molecule has 1 aliphatic rings. The first kappa shape index (κ1) is 14.4. The Morgan fingerprint density at radius 3 is 2.59 bits per heavy atom. The summed E-state index contributed by atoms with van der Waals surface area (Å²) < 4.78 is 5.29. The number of piperazine rings is 1. The van der Waals surface area contributed by atoms with E-state index in [0.29, 0.717) is 0 Å². The molecule has 2 heterocycles. The number of carbonyl (C=O) groups excluding carboxylic acids is 1. The van der Waals surface area contributed by atoms with Crippen LogP contribution in [0.1, 0.15) is 5.76 Å². The van der Waals surface area contributed by atoms with Crippen molar-refractivity contribution >= 4 is 29.9 Å². The van der Waals surface area contributed by atoms with Crippen LogP contribution in [-0.4, -0.2) is 47.8 Å². The van der Waals surface area contributed by atoms with Gasteiger partial charge in [0, 0.05) is 26.2 Å². The lowest BCUT2D eigenvalue weighted by Gasteiger charge is -2.33. The van der Waals surface area contributed by atoms with Crippen LogP contribution < -0.4 is 0 Å². The smallest absolute Gasteiger partial charge is 0.237 e. The highest BCUT2D eigenvalue weighted by Crippen LogP contribution is 2.09. The van der Waals surface area contributed by atoms with Gasteiger partial charge in [-0.15, -0.1) is 24.0 Å². The van der Waals surface area contributed by atoms with Gasteiger partial charge in [-0.05, 0) is 12.1 Å². The van der Waals surface area contributed by atoms with Crippen molar-refractivity contribution in [1.29, 1.82) is 0 Å². The number of carbonyl (C=O) groups is 1. The molecule has 0 saturated carbocycles. The van der Waals surface area contributed by atoms with E-state index in [4.69, 9.17) is 16.0 Å². The van der Waals surface area contributed by atoms with Gasteiger partial charge in [-0.25, -0.2) is 0 Å². The number of amides is 1. The average Bonchev–Trinajstić information content (AvgIpc) is 2.82. The number of furan rings is 1. The molecule has 1 amide bonds. The summed E-state index contributed by atoms with van der Waals surface area (Å²) in [4.78, 5) is 15.4. The third-order valence-electron chi connectivity index (χ3n) is 2.80. The Balaban J connectivity index is 0.00000144. The van der Waals surface area contributed by atoms with Crippen LogP contribution in [0, 0.1) is 0 Å². The van der Waals surface area contributed by atoms with Gasteiger partial charge >= 0.3 is 0 Å². The van der Waals surface area contributed by atoms with Gasteiger partial charge in [0.05, 0.1) is 12.8 Å². The number of rotatable bonds is 3. The number of nitrogens with zero attached hydrogens (tertiary/aromatic N) is 2. The van der Waals surface area contributed by atoms with Crippen LogP contribution in [0.5, 0.6) is 0 Å². The van der Waals surface area contributed by atoms with Gasteiger partial charge in [-0.3, -0.25) is 9.69 Å². The molecule has 0 N–H and O–H groups in total. The highest BCUT2D eigenvalue weighted by Gasteiger charge is 2.20. The van der Waals surface area contributed by atoms with Crippen LogP contribution in [0.3, 0.4) is 0 Å². The standard InChI is InChI=1S/C11H15ClN2O2.ClH/c12-8-11(15)14-5-3-13(4-6-14)9-10-2-1-7-16-10;/h1-2,7H,3-6,8-9H2;1H. The van der Waals surface area contributed by atoms with Crippen molar-refractivity contribution in [1.82, 2.24) is 9.80 Å². The van der Waals surface area contributed by atoms with Gasteiger partial charge in [-0.2, -0.15) is 0 Å². The maximum absolute atomic E-state index is 11.3. The second-order valence-electron chi connectivity index (χ2n) is 3.87. The molecule has 1 aromatic heterocycles. The molecule has 1 aromatic rings. The summed E-state index contributed by atoms with van der Waals surface area (Å²) in [7, 11) is 0. The van der Waals surface area contributed by atoms with E-state index in [-0.39, 0.29) is 24.2 Å². The molecule has 17 heavy (non-hydrogen) atoms. The summed E-state index contributed by atoms with van der Waals surface area (Å²) in [6.45, 7) is 4.08. The van der Waals surface area contributed by atoms with E-state index >= 15 is 0 Å². The normalized spacial score (nSPS) is 16.6. The lowest BCUT2D eigenvalue weighted by molar-refractivity contribution is -0.130. The lowest BCUT2D eigenvalue weighted by Crippen LogP contribution is -2.48. The lowest BCUT2D eigenvalue weighted by atomic mass is 10.3. The number of hydrogen-bond donors (Lipinski definition) is 0. The Kier molecular flexibility index (Phi) is 5.82. The fraction of sp³-hybridized carbons (Fsp3) is 0.545. The molecule has 0 aromatic carbocycles. The van der Waals surface area contributed by atoms with E-state index in [1.807, 2.05) is 17.0 Å². The molecule has 0 unspecified atom stereocenters. The number of alkyl halides is 1. The fourth-order valence-electron chi connectivity index (χ4n) is 1.86. The van der Waals surface area contributed by atoms with Gasteiger partial charge in [0.1, 0.15) is 11.6 Å². The Labute approximate surface area is 112 Å². The molecular formula is C11H16Cl2N2O2. The highest BCUT2D eigenvalue weighted by molar-refractivity contribution is 6.27.